The third-order valence-electron chi connectivity index (χ3n) is 3.42. The number of carbonyl (C=O) groups is 1. The summed E-state index contributed by atoms with van der Waals surface area (Å²) >= 11 is 0. The highest BCUT2D eigenvalue weighted by Crippen LogP contribution is 2.31. The van der Waals surface area contributed by atoms with Gasteiger partial charge in [-0.05, 0) is 12.5 Å². The average Bonchev–Trinajstić information content (AvgIpc) is 2.66. The predicted octanol–water partition coefficient (Wildman–Crippen LogP) is -0.307. The zero-order chi connectivity index (χ0) is 11.1. The summed E-state index contributed by atoms with van der Waals surface area (Å²) in [6.07, 6.45) is 4.70. The van der Waals surface area contributed by atoms with Crippen LogP contribution in [0, 0.1) is 5.92 Å². The molecule has 3 aliphatic rings. The highest BCUT2D eigenvalue weighted by Gasteiger charge is 2.37. The first-order valence-corrected chi connectivity index (χ1v) is 5.64. The second-order valence-corrected chi connectivity index (χ2v) is 4.46. The molecule has 0 aromatic heterocycles. The highest BCUT2D eigenvalue weighted by atomic mass is 16.4. The summed E-state index contributed by atoms with van der Waals surface area (Å²) < 4.78 is 0. The zero-order valence-electron chi connectivity index (χ0n) is 8.94. The van der Waals surface area contributed by atoms with Crippen LogP contribution in [0.25, 0.3) is 0 Å². The van der Waals surface area contributed by atoms with Crippen LogP contribution < -0.4 is 10.6 Å². The number of aliphatic carboxylic acids is 1. The van der Waals surface area contributed by atoms with Crippen molar-refractivity contribution in [3.05, 3.63) is 23.5 Å². The number of nitrogens with zero attached hydrogens (tertiary/aromatic N) is 1. The van der Waals surface area contributed by atoms with Crippen LogP contribution in [0.1, 0.15) is 6.42 Å². The monoisotopic (exact) mass is 221 g/mol. The van der Waals surface area contributed by atoms with Gasteiger partial charge in [0, 0.05) is 31.2 Å². The van der Waals surface area contributed by atoms with Crippen LogP contribution in [0.2, 0.25) is 0 Å². The van der Waals surface area contributed by atoms with E-state index in [0.717, 1.165) is 31.8 Å². The summed E-state index contributed by atoms with van der Waals surface area (Å²) in [5.41, 5.74) is 2.28. The molecule has 3 aliphatic heterocycles. The summed E-state index contributed by atoms with van der Waals surface area (Å²) in [4.78, 5) is 13.3. The van der Waals surface area contributed by atoms with Crippen LogP contribution >= 0.6 is 0 Å². The molecule has 0 amide bonds. The summed E-state index contributed by atoms with van der Waals surface area (Å²) in [5, 5.41) is 15.1. The van der Waals surface area contributed by atoms with Gasteiger partial charge in [-0.15, -0.1) is 0 Å². The lowest BCUT2D eigenvalue weighted by Crippen LogP contribution is -2.55. The molecule has 2 unspecified atom stereocenters. The van der Waals surface area contributed by atoms with E-state index < -0.39 is 12.1 Å². The lowest BCUT2D eigenvalue weighted by molar-refractivity contribution is -0.140. The Labute approximate surface area is 93.8 Å². The van der Waals surface area contributed by atoms with Crippen molar-refractivity contribution in [3.63, 3.8) is 0 Å². The largest absolute Gasteiger partial charge is 0.479 e. The predicted molar refractivity (Wildman–Crippen MR) is 58.4 cm³/mol. The van der Waals surface area contributed by atoms with E-state index in [1.807, 2.05) is 0 Å². The van der Waals surface area contributed by atoms with Crippen molar-refractivity contribution in [2.24, 2.45) is 5.92 Å². The van der Waals surface area contributed by atoms with Crippen molar-refractivity contribution in [1.82, 2.24) is 15.5 Å². The van der Waals surface area contributed by atoms with Crippen LogP contribution in [0.15, 0.2) is 23.5 Å². The van der Waals surface area contributed by atoms with Crippen molar-refractivity contribution in [1.29, 1.82) is 0 Å². The van der Waals surface area contributed by atoms with Crippen molar-refractivity contribution in [2.75, 3.05) is 19.6 Å². The topological polar surface area (TPSA) is 64.6 Å². The van der Waals surface area contributed by atoms with Gasteiger partial charge in [0.2, 0.25) is 0 Å². The number of carboxylic acid groups (broad SMARTS) is 1. The molecule has 0 aromatic rings. The van der Waals surface area contributed by atoms with E-state index in [4.69, 9.17) is 5.11 Å². The van der Waals surface area contributed by atoms with E-state index in [0.29, 0.717) is 5.92 Å². The maximum absolute atomic E-state index is 10.9. The summed E-state index contributed by atoms with van der Waals surface area (Å²) in [7, 11) is 0. The Balaban J connectivity index is 1.89. The molecule has 5 heteroatoms. The van der Waals surface area contributed by atoms with Crippen molar-refractivity contribution >= 4 is 5.97 Å². The number of rotatable bonds is 1. The van der Waals surface area contributed by atoms with Crippen LogP contribution in [0.4, 0.5) is 0 Å². The van der Waals surface area contributed by atoms with Gasteiger partial charge in [0.15, 0.2) is 6.17 Å². The molecule has 16 heavy (non-hydrogen) atoms. The van der Waals surface area contributed by atoms with Gasteiger partial charge in [0.25, 0.3) is 0 Å². The maximum Gasteiger partial charge on any atom is 0.341 e. The first kappa shape index (κ1) is 9.72. The van der Waals surface area contributed by atoms with Gasteiger partial charge in [-0.3, -0.25) is 5.32 Å². The van der Waals surface area contributed by atoms with Crippen molar-refractivity contribution in [2.45, 2.75) is 12.6 Å². The second kappa shape index (κ2) is 3.52. The highest BCUT2D eigenvalue weighted by molar-refractivity contribution is 5.73. The van der Waals surface area contributed by atoms with Gasteiger partial charge in [-0.25, -0.2) is 4.79 Å². The quantitative estimate of drug-likeness (QED) is 0.567. The number of hydrogen-bond acceptors (Lipinski definition) is 4. The molecular formula is C11H15N3O2. The fourth-order valence-corrected chi connectivity index (χ4v) is 2.64. The maximum atomic E-state index is 10.9. The molecule has 86 valence electrons. The minimum absolute atomic E-state index is 0.411. The van der Waals surface area contributed by atoms with E-state index in [9.17, 15) is 4.79 Å². The Kier molecular flexibility index (Phi) is 2.14. The molecule has 3 heterocycles. The Morgan fingerprint density at radius 3 is 3.25 bits per heavy atom. The smallest absolute Gasteiger partial charge is 0.341 e. The van der Waals surface area contributed by atoms with Gasteiger partial charge in [-0.1, -0.05) is 6.08 Å². The van der Waals surface area contributed by atoms with Gasteiger partial charge >= 0.3 is 5.97 Å². The molecule has 0 radical (unpaired) electrons. The number of hydrogen-bond donors (Lipinski definition) is 3. The number of allylic oxidation sites excluding steroid dienone is 1. The average molecular weight is 221 g/mol. The first-order valence-electron chi connectivity index (χ1n) is 5.64. The lowest BCUT2D eigenvalue weighted by atomic mass is 10.0. The zero-order valence-corrected chi connectivity index (χ0v) is 8.94. The molecule has 2 atom stereocenters. The van der Waals surface area contributed by atoms with E-state index in [1.165, 1.54) is 5.70 Å². The van der Waals surface area contributed by atoms with Gasteiger partial charge in [0.05, 0.1) is 5.70 Å². The molecular weight excluding hydrogens is 206 g/mol. The minimum Gasteiger partial charge on any atom is -0.479 e. The third kappa shape index (κ3) is 1.39. The molecule has 5 nitrogen and oxygen atoms in total. The Morgan fingerprint density at radius 1 is 1.56 bits per heavy atom. The van der Waals surface area contributed by atoms with E-state index >= 15 is 0 Å². The minimum atomic E-state index is -0.843. The molecule has 1 fully saturated rings. The number of carboxylic acids is 1. The van der Waals surface area contributed by atoms with Gasteiger partial charge < -0.3 is 15.3 Å². The molecule has 0 spiro atoms. The second-order valence-electron chi connectivity index (χ2n) is 4.46. The number of nitrogens with one attached hydrogen (secondary N) is 2. The van der Waals surface area contributed by atoms with Gasteiger partial charge in [0.1, 0.15) is 0 Å². The van der Waals surface area contributed by atoms with Crippen LogP contribution in [0.3, 0.4) is 0 Å². The molecule has 3 rings (SSSR count). The van der Waals surface area contributed by atoms with Crippen LogP contribution in [-0.2, 0) is 4.79 Å². The van der Waals surface area contributed by atoms with Gasteiger partial charge in [-0.2, -0.15) is 0 Å². The first-order chi connectivity index (χ1) is 7.75. The Hall–Kier alpha value is -1.49. The Bertz CT molecular complexity index is 389. The summed E-state index contributed by atoms with van der Waals surface area (Å²) in [5.74, 6) is -0.432. The van der Waals surface area contributed by atoms with Crippen LogP contribution in [-0.4, -0.2) is 41.8 Å². The fraction of sp³-hybridized carbons (Fsp3) is 0.545. The van der Waals surface area contributed by atoms with E-state index in [2.05, 4.69) is 27.7 Å². The van der Waals surface area contributed by atoms with Crippen molar-refractivity contribution in [3.8, 4) is 0 Å². The lowest BCUT2D eigenvalue weighted by Gasteiger charge is -2.28. The molecule has 3 N–H and O–H groups in total. The normalized spacial score (nSPS) is 32.1. The molecule has 0 saturated carbocycles. The summed E-state index contributed by atoms with van der Waals surface area (Å²) in [6.45, 7) is 2.79. The fourth-order valence-electron chi connectivity index (χ4n) is 2.64. The number of fused-ring (bicyclic) bond motifs is 2. The standard InChI is InChI=1S/C11H15N3O2/c15-11(16)10-12-5-7-6-14-4-2-1-3-8(14)9(7)13-10/h1,3,7,10,12-13H,2,4-6H2,(H,15,16). The summed E-state index contributed by atoms with van der Waals surface area (Å²) in [6, 6.07) is 0. The SMILES string of the molecule is O=C(O)C1NCC2CN3CCC=CC3=C2N1. The van der Waals surface area contributed by atoms with Crippen molar-refractivity contribution < 1.29 is 9.90 Å². The molecule has 0 aromatic carbocycles. The molecule has 0 aliphatic carbocycles. The van der Waals surface area contributed by atoms with E-state index in [-0.39, 0.29) is 0 Å². The molecule has 0 bridgehead atoms. The van der Waals surface area contributed by atoms with E-state index in [1.54, 1.807) is 0 Å². The molecule has 1 saturated heterocycles. The third-order valence-corrected chi connectivity index (χ3v) is 3.42. The Morgan fingerprint density at radius 2 is 2.44 bits per heavy atom. The van der Waals surface area contributed by atoms with Crippen LogP contribution in [0.5, 0.6) is 0 Å².